The Morgan fingerprint density at radius 1 is 1.61 bits per heavy atom. The minimum absolute atomic E-state index is 0.266. The molecule has 0 aromatic carbocycles. The van der Waals surface area contributed by atoms with E-state index in [0.29, 0.717) is 24.2 Å². The molecule has 2 atom stereocenters. The van der Waals surface area contributed by atoms with Gasteiger partial charge in [0, 0.05) is 0 Å². The second kappa shape index (κ2) is 4.64. The van der Waals surface area contributed by atoms with Crippen LogP contribution in [0.4, 0.5) is 4.79 Å². The van der Waals surface area contributed by atoms with E-state index in [9.17, 15) is 4.79 Å². The van der Waals surface area contributed by atoms with Gasteiger partial charge in [0.2, 0.25) is 0 Å². The van der Waals surface area contributed by atoms with Crippen LogP contribution in [0.25, 0.3) is 0 Å². The Hall–Kier alpha value is -1.50. The number of hydrogen-bond donors (Lipinski definition) is 1. The fourth-order valence-corrected chi connectivity index (χ4v) is 3.59. The van der Waals surface area contributed by atoms with Gasteiger partial charge in [-0.1, -0.05) is 32.6 Å². The molecule has 0 aromatic rings. The third-order valence-electron chi connectivity index (χ3n) is 4.36. The lowest BCUT2D eigenvalue weighted by Gasteiger charge is -2.48. The highest BCUT2D eigenvalue weighted by Gasteiger charge is 2.54. The summed E-state index contributed by atoms with van der Waals surface area (Å²) in [6.07, 6.45) is 9.63. The lowest BCUT2D eigenvalue weighted by atomic mass is 9.66. The van der Waals surface area contributed by atoms with E-state index in [-0.39, 0.29) is 6.03 Å². The molecule has 1 aliphatic carbocycles. The van der Waals surface area contributed by atoms with E-state index in [1.165, 1.54) is 6.42 Å². The first kappa shape index (κ1) is 12.9. The van der Waals surface area contributed by atoms with Crippen LogP contribution >= 0.6 is 0 Å². The summed E-state index contributed by atoms with van der Waals surface area (Å²) in [6.45, 7) is 4.66. The molecule has 1 spiro atoms. The maximum Gasteiger partial charge on any atom is 0.346 e. The van der Waals surface area contributed by atoms with Crippen molar-refractivity contribution in [1.29, 1.82) is 0 Å². The monoisotopic (exact) mass is 247 g/mol. The van der Waals surface area contributed by atoms with Crippen LogP contribution in [0.3, 0.4) is 0 Å². The highest BCUT2D eigenvalue weighted by atomic mass is 16.2. The van der Waals surface area contributed by atoms with Crippen molar-refractivity contribution in [2.45, 2.75) is 45.1 Å². The number of terminal acetylenes is 1. The fourth-order valence-electron chi connectivity index (χ4n) is 3.59. The smallest absolute Gasteiger partial charge is 0.346 e. The Kier molecular flexibility index (Phi) is 3.34. The van der Waals surface area contributed by atoms with Gasteiger partial charge in [-0.2, -0.15) is 4.99 Å². The summed E-state index contributed by atoms with van der Waals surface area (Å²) in [5, 5.41) is 0. The predicted octanol–water partition coefficient (Wildman–Crippen LogP) is 2.00. The molecule has 0 aromatic heterocycles. The van der Waals surface area contributed by atoms with E-state index < -0.39 is 5.54 Å². The molecule has 2 rings (SSSR count). The molecule has 4 heteroatoms. The molecule has 98 valence electrons. The van der Waals surface area contributed by atoms with Crippen LogP contribution in [-0.2, 0) is 0 Å². The fraction of sp³-hybridized carbons (Fsp3) is 0.714. The number of aliphatic imine (C=N–C) groups is 1. The highest BCUT2D eigenvalue weighted by molar-refractivity contribution is 6.06. The van der Waals surface area contributed by atoms with Crippen molar-refractivity contribution in [3.05, 3.63) is 0 Å². The molecule has 1 fully saturated rings. The van der Waals surface area contributed by atoms with Crippen LogP contribution in [0.15, 0.2) is 4.99 Å². The molecule has 4 nitrogen and oxygen atoms in total. The third-order valence-corrected chi connectivity index (χ3v) is 4.36. The van der Waals surface area contributed by atoms with Crippen LogP contribution < -0.4 is 5.73 Å². The molecule has 18 heavy (non-hydrogen) atoms. The Balaban J connectivity index is 2.43. The van der Waals surface area contributed by atoms with Crippen LogP contribution in [-0.4, -0.2) is 28.9 Å². The number of nitrogens with two attached hydrogens (primary N) is 1. The van der Waals surface area contributed by atoms with Gasteiger partial charge in [0.05, 0.1) is 6.54 Å². The van der Waals surface area contributed by atoms with Gasteiger partial charge < -0.3 is 5.73 Å². The van der Waals surface area contributed by atoms with Gasteiger partial charge in [-0.15, -0.1) is 6.42 Å². The topological polar surface area (TPSA) is 58.7 Å². The number of urea groups is 1. The number of carbonyl (C=O) groups is 1. The van der Waals surface area contributed by atoms with Crippen molar-refractivity contribution in [2.24, 2.45) is 22.6 Å². The van der Waals surface area contributed by atoms with Crippen molar-refractivity contribution < 1.29 is 4.79 Å². The van der Waals surface area contributed by atoms with Gasteiger partial charge in [-0.25, -0.2) is 4.79 Å². The van der Waals surface area contributed by atoms with E-state index in [2.05, 4.69) is 24.8 Å². The molecular weight excluding hydrogens is 226 g/mol. The zero-order valence-electron chi connectivity index (χ0n) is 11.1. The Labute approximate surface area is 109 Å². The first-order valence-corrected chi connectivity index (χ1v) is 6.63. The summed E-state index contributed by atoms with van der Waals surface area (Å²) in [6, 6.07) is -0.266. The van der Waals surface area contributed by atoms with E-state index in [4.69, 9.17) is 12.2 Å². The van der Waals surface area contributed by atoms with Crippen LogP contribution in [0.1, 0.15) is 39.5 Å². The lowest BCUT2D eigenvalue weighted by Crippen LogP contribution is -2.61. The minimum atomic E-state index is -0.421. The number of carbonyl (C=O) groups excluding carboxylic acids is 1. The molecule has 0 bridgehead atoms. The molecule has 2 unspecified atom stereocenters. The molecule has 2 N–H and O–H groups in total. The van der Waals surface area contributed by atoms with Crippen LogP contribution in [0, 0.1) is 24.2 Å². The van der Waals surface area contributed by atoms with Gasteiger partial charge in [0.25, 0.3) is 0 Å². The highest BCUT2D eigenvalue weighted by Crippen LogP contribution is 2.45. The normalized spacial score (nSPS) is 31.9. The minimum Gasteiger partial charge on any atom is -0.385 e. The average molecular weight is 247 g/mol. The molecular formula is C14H21N3O. The predicted molar refractivity (Wildman–Crippen MR) is 72.1 cm³/mol. The lowest BCUT2D eigenvalue weighted by molar-refractivity contribution is 0.0777. The molecule has 2 aliphatic rings. The van der Waals surface area contributed by atoms with E-state index in [0.717, 1.165) is 19.3 Å². The van der Waals surface area contributed by atoms with Crippen molar-refractivity contribution >= 4 is 11.9 Å². The zero-order valence-corrected chi connectivity index (χ0v) is 11.1. The summed E-state index contributed by atoms with van der Waals surface area (Å²) in [5.41, 5.74) is 5.68. The van der Waals surface area contributed by atoms with Crippen LogP contribution in [0.2, 0.25) is 0 Å². The van der Waals surface area contributed by atoms with Crippen molar-refractivity contribution in [2.75, 3.05) is 6.54 Å². The van der Waals surface area contributed by atoms with E-state index in [1.54, 1.807) is 4.90 Å². The Morgan fingerprint density at radius 3 is 2.94 bits per heavy atom. The third kappa shape index (κ3) is 1.69. The second-order valence-corrected chi connectivity index (χ2v) is 5.59. The van der Waals surface area contributed by atoms with Gasteiger partial charge in [0.1, 0.15) is 11.4 Å². The van der Waals surface area contributed by atoms with Crippen molar-refractivity contribution in [1.82, 2.24) is 4.90 Å². The van der Waals surface area contributed by atoms with Crippen molar-refractivity contribution in [3.63, 3.8) is 0 Å². The first-order valence-electron chi connectivity index (χ1n) is 6.63. The average Bonchev–Trinajstić information content (AvgIpc) is 2.55. The molecule has 1 aliphatic heterocycles. The summed E-state index contributed by atoms with van der Waals surface area (Å²) < 4.78 is 0. The maximum atomic E-state index is 12.0. The van der Waals surface area contributed by atoms with Gasteiger partial charge in [-0.05, 0) is 24.7 Å². The second-order valence-electron chi connectivity index (χ2n) is 5.59. The summed E-state index contributed by atoms with van der Waals surface area (Å²) in [4.78, 5) is 17.7. The molecule has 0 saturated heterocycles. The first-order chi connectivity index (χ1) is 8.54. The zero-order chi connectivity index (χ0) is 13.3. The quantitative estimate of drug-likeness (QED) is 0.759. The SMILES string of the molecule is C#CCN1C(=O)N=C(N)C12CCCCC2C(C)C. The summed E-state index contributed by atoms with van der Waals surface area (Å²) >= 11 is 0. The Bertz CT molecular complexity index is 421. The van der Waals surface area contributed by atoms with Gasteiger partial charge >= 0.3 is 6.03 Å². The van der Waals surface area contributed by atoms with Crippen molar-refractivity contribution in [3.8, 4) is 12.3 Å². The molecule has 2 amide bonds. The number of amidine groups is 1. The maximum absolute atomic E-state index is 12.0. The van der Waals surface area contributed by atoms with Crippen LogP contribution in [0.5, 0.6) is 0 Å². The molecule has 1 saturated carbocycles. The molecule has 0 radical (unpaired) electrons. The largest absolute Gasteiger partial charge is 0.385 e. The number of amides is 2. The number of rotatable bonds is 2. The Morgan fingerprint density at radius 2 is 2.33 bits per heavy atom. The molecule has 1 heterocycles. The van der Waals surface area contributed by atoms with Gasteiger partial charge in [-0.3, -0.25) is 4.90 Å². The summed E-state index contributed by atoms with van der Waals surface area (Å²) in [7, 11) is 0. The number of hydrogen-bond acceptors (Lipinski definition) is 2. The number of nitrogens with zero attached hydrogens (tertiary/aromatic N) is 2. The summed E-state index contributed by atoms with van der Waals surface area (Å²) in [5.74, 6) is 3.86. The van der Waals surface area contributed by atoms with E-state index in [1.807, 2.05) is 0 Å². The van der Waals surface area contributed by atoms with Gasteiger partial charge in [0.15, 0.2) is 0 Å². The standard InChI is InChI=1S/C14H21N3O/c1-4-9-17-13(18)16-12(15)14(17)8-6-5-7-11(14)10(2)3/h1,10-11H,5-9H2,2-3H3,(H2,15,16,18). The van der Waals surface area contributed by atoms with E-state index >= 15 is 0 Å².